The third-order valence-corrected chi connectivity index (χ3v) is 1.28. The summed E-state index contributed by atoms with van der Waals surface area (Å²) in [6.07, 6.45) is 0. The second kappa shape index (κ2) is 2.55. The number of rotatable bonds is 0. The van der Waals surface area contributed by atoms with Crippen LogP contribution in [0, 0.1) is 0 Å². The number of thiol groups is 1. The predicted molar refractivity (Wildman–Crippen MR) is 34.4 cm³/mol. The fraction of sp³-hybridized carbons (Fsp3) is 0.667. The number of hydrogen-bond donors (Lipinski definition) is 2. The first-order chi connectivity index (χ1) is 2.64. The van der Waals surface area contributed by atoms with Crippen LogP contribution in [0.1, 0.15) is 0 Å². The highest BCUT2D eigenvalue weighted by Crippen LogP contribution is 1.64. The molecular weight excluding hydrogens is 114 g/mol. The normalized spacial score (nSPS) is 9.33. The molecule has 0 aliphatic heterocycles. The van der Waals surface area contributed by atoms with Crippen LogP contribution < -0.4 is 4.90 Å². The molecule has 0 aliphatic carbocycles. The molecule has 0 fully saturated rings. The van der Waals surface area contributed by atoms with Crippen LogP contribution in [-0.4, -0.2) is 18.4 Å². The van der Waals surface area contributed by atoms with Gasteiger partial charge in [-0.25, -0.2) is 0 Å². The largest absolute Gasteiger partial charge is 0.292 e. The summed E-state index contributed by atoms with van der Waals surface area (Å²) in [5, 5.41) is 0. The van der Waals surface area contributed by atoms with Gasteiger partial charge in [0.2, 0.25) is 4.32 Å². The number of hydrogen-bond acceptors (Lipinski definition) is 1. The van der Waals surface area contributed by atoms with Crippen molar-refractivity contribution in [2.45, 2.75) is 0 Å². The first-order valence-electron chi connectivity index (χ1n) is 1.68. The van der Waals surface area contributed by atoms with Gasteiger partial charge < -0.3 is 0 Å². The fourth-order valence-electron chi connectivity index (χ4n) is 0. The van der Waals surface area contributed by atoms with Crippen LogP contribution in [0.25, 0.3) is 0 Å². The van der Waals surface area contributed by atoms with Crippen molar-refractivity contribution in [2.75, 3.05) is 14.1 Å². The predicted octanol–water partition coefficient (Wildman–Crippen LogP) is -0.654. The molecule has 0 aromatic heterocycles. The molecule has 36 valence electrons. The van der Waals surface area contributed by atoms with Gasteiger partial charge in [0.25, 0.3) is 0 Å². The van der Waals surface area contributed by atoms with Gasteiger partial charge in [0.05, 0.1) is 14.1 Å². The van der Waals surface area contributed by atoms with E-state index < -0.39 is 0 Å². The summed E-state index contributed by atoms with van der Waals surface area (Å²) in [7, 11) is 3.88. The highest BCUT2D eigenvalue weighted by atomic mass is 32.1. The monoisotopic (exact) mass is 122 g/mol. The molecule has 6 heavy (non-hydrogen) atoms. The van der Waals surface area contributed by atoms with Crippen LogP contribution in [0.3, 0.4) is 0 Å². The average Bonchev–Trinajstić information content (AvgIpc) is 1.36. The van der Waals surface area contributed by atoms with Crippen molar-refractivity contribution in [1.82, 2.24) is 0 Å². The first kappa shape index (κ1) is 6.40. The van der Waals surface area contributed by atoms with Gasteiger partial charge in [-0.1, -0.05) is 12.6 Å². The van der Waals surface area contributed by atoms with Gasteiger partial charge in [0.1, 0.15) is 0 Å². The lowest BCUT2D eigenvalue weighted by atomic mass is 11.0. The van der Waals surface area contributed by atoms with Crippen molar-refractivity contribution in [3.63, 3.8) is 0 Å². The van der Waals surface area contributed by atoms with Gasteiger partial charge in [-0.15, -0.1) is 0 Å². The van der Waals surface area contributed by atoms with Crippen LogP contribution in [0.2, 0.25) is 0 Å². The van der Waals surface area contributed by atoms with Gasteiger partial charge in [0, 0.05) is 0 Å². The van der Waals surface area contributed by atoms with Crippen molar-refractivity contribution in [3.05, 3.63) is 0 Å². The third-order valence-electron chi connectivity index (χ3n) is 0.428. The van der Waals surface area contributed by atoms with Crippen LogP contribution in [0.15, 0.2) is 0 Å². The van der Waals surface area contributed by atoms with E-state index >= 15 is 0 Å². The quantitative estimate of drug-likeness (QED) is 0.319. The minimum absolute atomic E-state index is 0.704. The van der Waals surface area contributed by atoms with E-state index in [-0.39, 0.29) is 0 Å². The molecule has 0 amide bonds. The fourth-order valence-corrected chi connectivity index (χ4v) is 0. The Balaban J connectivity index is 3.26. The summed E-state index contributed by atoms with van der Waals surface area (Å²) in [4.78, 5) is 1.10. The Labute approximate surface area is 48.7 Å². The molecular formula is C3H8NS2+. The maximum Gasteiger partial charge on any atom is 0.228 e. The molecule has 1 nitrogen and oxygen atoms in total. The Kier molecular flexibility index (Phi) is 2.72. The molecule has 0 aromatic rings. The molecule has 3 heteroatoms. The summed E-state index contributed by atoms with van der Waals surface area (Å²) < 4.78 is 0.704. The van der Waals surface area contributed by atoms with Gasteiger partial charge in [0.15, 0.2) is 0 Å². The molecule has 0 aromatic carbocycles. The van der Waals surface area contributed by atoms with Gasteiger partial charge in [-0.2, -0.15) is 0 Å². The lowest BCUT2D eigenvalue weighted by Crippen LogP contribution is -3.07. The number of thiocarbonyl (C=S) groups is 1. The lowest BCUT2D eigenvalue weighted by Gasteiger charge is -1.97. The van der Waals surface area contributed by atoms with E-state index in [1.807, 2.05) is 14.1 Å². The molecule has 0 unspecified atom stereocenters. The van der Waals surface area contributed by atoms with Crippen LogP contribution >= 0.6 is 24.8 Å². The maximum absolute atomic E-state index is 4.65. The van der Waals surface area contributed by atoms with Crippen LogP contribution in [0.4, 0.5) is 0 Å². The van der Waals surface area contributed by atoms with Crippen molar-refractivity contribution in [3.8, 4) is 0 Å². The van der Waals surface area contributed by atoms with Gasteiger partial charge in [-0.3, -0.25) is 4.90 Å². The van der Waals surface area contributed by atoms with Crippen LogP contribution in [-0.2, 0) is 0 Å². The van der Waals surface area contributed by atoms with E-state index in [0.29, 0.717) is 4.32 Å². The highest BCUT2D eigenvalue weighted by Gasteiger charge is 1.90. The van der Waals surface area contributed by atoms with Gasteiger partial charge >= 0.3 is 0 Å². The molecule has 0 saturated heterocycles. The number of quaternary nitrogens is 1. The summed E-state index contributed by atoms with van der Waals surface area (Å²) in [5.41, 5.74) is 0. The Hall–Kier alpha value is 0.400. The van der Waals surface area contributed by atoms with E-state index in [1.165, 1.54) is 0 Å². The smallest absolute Gasteiger partial charge is 0.228 e. The summed E-state index contributed by atoms with van der Waals surface area (Å²) >= 11 is 8.53. The van der Waals surface area contributed by atoms with Gasteiger partial charge in [-0.05, 0) is 12.2 Å². The molecule has 0 spiro atoms. The lowest BCUT2D eigenvalue weighted by molar-refractivity contribution is -0.750. The van der Waals surface area contributed by atoms with Crippen molar-refractivity contribution < 1.29 is 4.90 Å². The molecule has 0 rings (SSSR count). The molecule has 0 radical (unpaired) electrons. The van der Waals surface area contributed by atoms with Crippen molar-refractivity contribution >= 4 is 29.2 Å². The number of nitrogens with one attached hydrogen (secondary N) is 1. The Bertz CT molecular complexity index is 59.8. The van der Waals surface area contributed by atoms with Crippen molar-refractivity contribution in [2.24, 2.45) is 0 Å². The molecule has 0 saturated carbocycles. The average molecular weight is 122 g/mol. The standard InChI is InChI=1S/C3H7NS2/c1-4(2)3(5)6/h1-2H3,(H,5,6)/p+1. The van der Waals surface area contributed by atoms with E-state index in [1.54, 1.807) is 0 Å². The molecule has 0 bridgehead atoms. The second-order valence-electron chi connectivity index (χ2n) is 1.31. The Morgan fingerprint density at radius 3 is 1.83 bits per heavy atom. The minimum atomic E-state index is 0.704. The first-order valence-corrected chi connectivity index (χ1v) is 2.53. The molecule has 1 N–H and O–H groups in total. The minimum Gasteiger partial charge on any atom is -0.292 e. The highest BCUT2D eigenvalue weighted by molar-refractivity contribution is 8.10. The van der Waals surface area contributed by atoms with E-state index in [0.717, 1.165) is 4.90 Å². The molecule has 0 aliphatic rings. The summed E-state index contributed by atoms with van der Waals surface area (Å²) in [6, 6.07) is 0. The Morgan fingerprint density at radius 1 is 1.67 bits per heavy atom. The Morgan fingerprint density at radius 2 is 1.83 bits per heavy atom. The zero-order valence-electron chi connectivity index (χ0n) is 3.86. The van der Waals surface area contributed by atoms with E-state index in [2.05, 4.69) is 24.8 Å². The molecule has 0 heterocycles. The SMILES string of the molecule is C[NH+](C)C(=S)S. The summed E-state index contributed by atoms with van der Waals surface area (Å²) in [5.74, 6) is 0. The van der Waals surface area contributed by atoms with Crippen LogP contribution in [0.5, 0.6) is 0 Å². The van der Waals surface area contributed by atoms with Crippen molar-refractivity contribution in [1.29, 1.82) is 0 Å². The van der Waals surface area contributed by atoms with E-state index in [4.69, 9.17) is 0 Å². The van der Waals surface area contributed by atoms with E-state index in [9.17, 15) is 0 Å². The second-order valence-corrected chi connectivity index (χ2v) is 2.46. The summed E-state index contributed by atoms with van der Waals surface area (Å²) in [6.45, 7) is 0. The third kappa shape index (κ3) is 2.63. The zero-order chi connectivity index (χ0) is 5.15. The topological polar surface area (TPSA) is 4.44 Å². The maximum atomic E-state index is 4.65. The zero-order valence-corrected chi connectivity index (χ0v) is 5.57. The molecule has 0 atom stereocenters.